The third-order valence-corrected chi connectivity index (χ3v) is 4.65. The predicted molar refractivity (Wildman–Crippen MR) is 83.2 cm³/mol. The first-order valence-electron chi connectivity index (χ1n) is 7.02. The lowest BCUT2D eigenvalue weighted by Gasteiger charge is -2.23. The van der Waals surface area contributed by atoms with Crippen LogP contribution in [0.25, 0.3) is 0 Å². The van der Waals surface area contributed by atoms with Gasteiger partial charge in [0.1, 0.15) is 6.34 Å². The molecular formula is C15H22N2O3S. The summed E-state index contributed by atoms with van der Waals surface area (Å²) in [5, 5.41) is 0. The topological polar surface area (TPSA) is 59.0 Å². The Morgan fingerprint density at radius 3 is 2.24 bits per heavy atom. The van der Waals surface area contributed by atoms with Gasteiger partial charge in [-0.25, -0.2) is 0 Å². The van der Waals surface area contributed by atoms with Crippen LogP contribution in [0.4, 0.5) is 0 Å². The summed E-state index contributed by atoms with van der Waals surface area (Å²) in [5.74, 6) is 0. The van der Waals surface area contributed by atoms with Crippen molar-refractivity contribution in [1.29, 1.82) is 0 Å². The number of rotatable bonds is 3. The molecule has 0 atom stereocenters. The highest BCUT2D eigenvalue weighted by Crippen LogP contribution is 2.23. The van der Waals surface area contributed by atoms with E-state index in [1.165, 1.54) is 6.34 Å². The Balaban J connectivity index is 2.13. The Labute approximate surface area is 126 Å². The van der Waals surface area contributed by atoms with Crippen molar-refractivity contribution in [3.8, 4) is 0 Å². The molecule has 0 saturated carbocycles. The van der Waals surface area contributed by atoms with Crippen LogP contribution in [0, 0.1) is 0 Å². The van der Waals surface area contributed by atoms with E-state index in [1.54, 1.807) is 12.1 Å². The fourth-order valence-electron chi connectivity index (χ4n) is 2.01. The standard InChI is InChI=1S/C15H22N2O3S/c1-15(2,3)13-4-6-14(7-5-13)21(18,19)16-12-17-8-10-20-11-9-17/h4-7,12H,8-11H2,1-3H3/b16-12+. The highest BCUT2D eigenvalue weighted by Gasteiger charge is 2.17. The molecule has 1 saturated heterocycles. The molecule has 0 unspecified atom stereocenters. The van der Waals surface area contributed by atoms with Crippen molar-refractivity contribution >= 4 is 16.4 Å². The van der Waals surface area contributed by atoms with Crippen molar-refractivity contribution in [2.45, 2.75) is 31.1 Å². The van der Waals surface area contributed by atoms with Gasteiger partial charge >= 0.3 is 0 Å². The molecule has 1 aliphatic rings. The van der Waals surface area contributed by atoms with Crippen molar-refractivity contribution in [3.05, 3.63) is 29.8 Å². The van der Waals surface area contributed by atoms with E-state index >= 15 is 0 Å². The van der Waals surface area contributed by atoms with Gasteiger partial charge < -0.3 is 9.64 Å². The number of hydrogen-bond acceptors (Lipinski definition) is 3. The molecule has 0 amide bonds. The van der Waals surface area contributed by atoms with Gasteiger partial charge in [-0.3, -0.25) is 0 Å². The summed E-state index contributed by atoms with van der Waals surface area (Å²) < 4.78 is 33.3. The summed E-state index contributed by atoms with van der Waals surface area (Å²) in [6.07, 6.45) is 1.40. The lowest BCUT2D eigenvalue weighted by atomic mass is 9.87. The fraction of sp³-hybridized carbons (Fsp3) is 0.533. The van der Waals surface area contributed by atoms with E-state index in [2.05, 4.69) is 25.2 Å². The maximum absolute atomic E-state index is 12.2. The molecule has 0 radical (unpaired) electrons. The average Bonchev–Trinajstić information content (AvgIpc) is 2.46. The second kappa shape index (κ2) is 6.15. The van der Waals surface area contributed by atoms with E-state index in [-0.39, 0.29) is 10.3 Å². The summed E-state index contributed by atoms with van der Waals surface area (Å²) in [6.45, 7) is 8.82. The summed E-state index contributed by atoms with van der Waals surface area (Å²) in [7, 11) is -3.63. The molecule has 21 heavy (non-hydrogen) atoms. The smallest absolute Gasteiger partial charge is 0.283 e. The molecule has 0 N–H and O–H groups in total. The van der Waals surface area contributed by atoms with Crippen LogP contribution in [0.1, 0.15) is 26.3 Å². The Hall–Kier alpha value is -1.40. The molecule has 0 spiro atoms. The first kappa shape index (κ1) is 16.0. The van der Waals surface area contributed by atoms with Crippen LogP contribution in [0.3, 0.4) is 0 Å². The van der Waals surface area contributed by atoms with Gasteiger partial charge in [-0.2, -0.15) is 8.42 Å². The largest absolute Gasteiger partial charge is 0.378 e. The number of sulfonamides is 1. The minimum Gasteiger partial charge on any atom is -0.378 e. The van der Waals surface area contributed by atoms with Gasteiger partial charge in [-0.1, -0.05) is 32.9 Å². The van der Waals surface area contributed by atoms with Crippen LogP contribution in [0.2, 0.25) is 0 Å². The first-order chi connectivity index (χ1) is 9.79. The minimum atomic E-state index is -3.63. The zero-order valence-electron chi connectivity index (χ0n) is 12.7. The summed E-state index contributed by atoms with van der Waals surface area (Å²) >= 11 is 0. The second-order valence-corrected chi connectivity index (χ2v) is 7.75. The maximum Gasteiger partial charge on any atom is 0.283 e. The van der Waals surface area contributed by atoms with E-state index in [0.717, 1.165) is 5.56 Å². The van der Waals surface area contributed by atoms with E-state index < -0.39 is 10.0 Å². The Morgan fingerprint density at radius 2 is 1.71 bits per heavy atom. The molecule has 6 heteroatoms. The number of ether oxygens (including phenoxy) is 1. The molecule has 1 fully saturated rings. The number of hydrogen-bond donors (Lipinski definition) is 0. The van der Waals surface area contributed by atoms with Crippen molar-refractivity contribution in [2.75, 3.05) is 26.3 Å². The van der Waals surface area contributed by atoms with Gasteiger partial charge in [0.2, 0.25) is 0 Å². The van der Waals surface area contributed by atoms with E-state index in [1.807, 2.05) is 17.0 Å². The Morgan fingerprint density at radius 1 is 1.14 bits per heavy atom. The highest BCUT2D eigenvalue weighted by atomic mass is 32.2. The zero-order valence-corrected chi connectivity index (χ0v) is 13.6. The maximum atomic E-state index is 12.2. The van der Waals surface area contributed by atoms with Gasteiger partial charge in [0, 0.05) is 13.1 Å². The zero-order chi connectivity index (χ0) is 15.5. The molecule has 1 aliphatic heterocycles. The monoisotopic (exact) mass is 310 g/mol. The molecule has 5 nitrogen and oxygen atoms in total. The van der Waals surface area contributed by atoms with E-state index in [0.29, 0.717) is 26.3 Å². The van der Waals surface area contributed by atoms with Crippen LogP contribution in [-0.4, -0.2) is 46.0 Å². The molecule has 1 heterocycles. The summed E-state index contributed by atoms with van der Waals surface area (Å²) in [5.41, 5.74) is 1.10. The molecule has 0 aromatic heterocycles. The normalized spacial score (nSPS) is 17.4. The average molecular weight is 310 g/mol. The number of nitrogens with zero attached hydrogens (tertiary/aromatic N) is 2. The van der Waals surface area contributed by atoms with E-state index in [9.17, 15) is 8.42 Å². The molecule has 116 valence electrons. The molecule has 0 aliphatic carbocycles. The fourth-order valence-corrected chi connectivity index (χ4v) is 2.87. The molecule has 0 bridgehead atoms. The lowest BCUT2D eigenvalue weighted by molar-refractivity contribution is 0.0701. The highest BCUT2D eigenvalue weighted by molar-refractivity contribution is 7.90. The lowest BCUT2D eigenvalue weighted by Crippen LogP contribution is -2.35. The van der Waals surface area contributed by atoms with Crippen LogP contribution in [-0.2, 0) is 20.2 Å². The molecule has 1 aromatic carbocycles. The summed E-state index contributed by atoms with van der Waals surface area (Å²) in [4.78, 5) is 2.07. The Bertz CT molecular complexity index is 595. The van der Waals surface area contributed by atoms with Gasteiger partial charge in [0.25, 0.3) is 10.0 Å². The van der Waals surface area contributed by atoms with Crippen molar-refractivity contribution in [1.82, 2.24) is 4.90 Å². The number of benzene rings is 1. The van der Waals surface area contributed by atoms with Crippen LogP contribution in [0.15, 0.2) is 33.6 Å². The third-order valence-electron chi connectivity index (χ3n) is 3.41. The van der Waals surface area contributed by atoms with Crippen LogP contribution >= 0.6 is 0 Å². The quantitative estimate of drug-likeness (QED) is 0.633. The summed E-state index contributed by atoms with van der Waals surface area (Å²) in [6, 6.07) is 6.92. The van der Waals surface area contributed by atoms with Gasteiger partial charge in [-0.05, 0) is 23.1 Å². The van der Waals surface area contributed by atoms with Crippen molar-refractivity contribution in [2.24, 2.45) is 4.40 Å². The SMILES string of the molecule is CC(C)(C)c1ccc(S(=O)(=O)/N=C/N2CCOCC2)cc1. The van der Waals surface area contributed by atoms with Gasteiger partial charge in [-0.15, -0.1) is 4.40 Å². The second-order valence-electron chi connectivity index (χ2n) is 6.12. The van der Waals surface area contributed by atoms with Gasteiger partial charge in [0.15, 0.2) is 0 Å². The van der Waals surface area contributed by atoms with Gasteiger partial charge in [0.05, 0.1) is 18.1 Å². The van der Waals surface area contributed by atoms with Crippen LogP contribution in [0.5, 0.6) is 0 Å². The van der Waals surface area contributed by atoms with Crippen LogP contribution < -0.4 is 0 Å². The first-order valence-corrected chi connectivity index (χ1v) is 8.46. The minimum absolute atomic E-state index is 0.000634. The third kappa shape index (κ3) is 4.28. The predicted octanol–water partition coefficient (Wildman–Crippen LogP) is 2.03. The van der Waals surface area contributed by atoms with E-state index in [4.69, 9.17) is 4.74 Å². The number of morpholine rings is 1. The molecule has 1 aromatic rings. The Kier molecular flexibility index (Phi) is 4.68. The van der Waals surface area contributed by atoms with Crippen molar-refractivity contribution in [3.63, 3.8) is 0 Å². The molecular weight excluding hydrogens is 288 g/mol. The molecule has 2 rings (SSSR count). The van der Waals surface area contributed by atoms with Crippen molar-refractivity contribution < 1.29 is 13.2 Å².